The van der Waals surface area contributed by atoms with Crippen molar-refractivity contribution < 1.29 is 0 Å². The number of benzene rings is 1. The van der Waals surface area contributed by atoms with Gasteiger partial charge in [0.05, 0.1) is 16.6 Å². The molecule has 0 aliphatic carbocycles. The number of imidazole rings is 1. The van der Waals surface area contributed by atoms with Crippen LogP contribution in [0.15, 0.2) is 67.3 Å². The highest BCUT2D eigenvalue weighted by molar-refractivity contribution is 5.85. The zero-order valence-electron chi connectivity index (χ0n) is 15.7. The zero-order chi connectivity index (χ0) is 19.2. The van der Waals surface area contributed by atoms with Gasteiger partial charge in [-0.05, 0) is 42.0 Å². The Hall–Kier alpha value is -3.80. The number of pyridine rings is 3. The lowest BCUT2D eigenvalue weighted by Gasteiger charge is -2.30. The first kappa shape index (κ1) is 16.2. The van der Waals surface area contributed by atoms with Crippen LogP contribution in [0.3, 0.4) is 0 Å². The summed E-state index contributed by atoms with van der Waals surface area (Å²) in [7, 11) is 0. The van der Waals surface area contributed by atoms with Gasteiger partial charge in [0, 0.05) is 66.6 Å². The van der Waals surface area contributed by atoms with Gasteiger partial charge >= 0.3 is 0 Å². The van der Waals surface area contributed by atoms with Crippen LogP contribution in [-0.4, -0.2) is 31.5 Å². The molecule has 0 atom stereocenters. The summed E-state index contributed by atoms with van der Waals surface area (Å²) in [6.45, 7) is 1.86. The maximum atomic E-state index is 4.77. The van der Waals surface area contributed by atoms with Crippen molar-refractivity contribution in [2.45, 2.75) is 13.0 Å². The van der Waals surface area contributed by atoms with Gasteiger partial charge in [-0.2, -0.15) is 0 Å². The van der Waals surface area contributed by atoms with Crippen molar-refractivity contribution in [1.29, 1.82) is 0 Å². The van der Waals surface area contributed by atoms with E-state index in [0.29, 0.717) is 0 Å². The molecule has 29 heavy (non-hydrogen) atoms. The van der Waals surface area contributed by atoms with Crippen molar-refractivity contribution in [1.82, 2.24) is 24.9 Å². The average Bonchev–Trinajstić information content (AvgIpc) is 3.22. The number of anilines is 1. The summed E-state index contributed by atoms with van der Waals surface area (Å²) >= 11 is 0. The van der Waals surface area contributed by atoms with Gasteiger partial charge < -0.3 is 9.88 Å². The molecule has 1 N–H and O–H groups in total. The average molecular weight is 378 g/mol. The molecule has 0 spiro atoms. The van der Waals surface area contributed by atoms with E-state index in [0.717, 1.165) is 52.8 Å². The molecule has 5 heterocycles. The normalized spacial score (nSPS) is 13.7. The molecule has 0 unspecified atom stereocenters. The summed E-state index contributed by atoms with van der Waals surface area (Å²) in [4.78, 5) is 23.8. The quantitative estimate of drug-likeness (QED) is 0.500. The van der Waals surface area contributed by atoms with Crippen molar-refractivity contribution in [3.05, 3.63) is 78.5 Å². The molecular weight excluding hydrogens is 360 g/mol. The molecule has 6 heteroatoms. The number of fused-ring (bicyclic) bond motifs is 3. The third-order valence-corrected chi connectivity index (χ3v) is 5.55. The molecule has 6 nitrogen and oxygen atoms in total. The first-order valence-electron chi connectivity index (χ1n) is 9.71. The van der Waals surface area contributed by atoms with Crippen LogP contribution in [0, 0.1) is 0 Å². The fourth-order valence-electron chi connectivity index (χ4n) is 4.02. The standard InChI is InChI=1S/C23H18N6/c1-2-15-14-29(9-6-20(15)25-7-1)18-3-4-21-22(11-18)28-23(27-21)17-10-16-12-24-8-5-19(16)26-13-17/h1-5,7-8,10-13H,6,9,14H2,(H,27,28). The van der Waals surface area contributed by atoms with Crippen molar-refractivity contribution >= 4 is 27.6 Å². The van der Waals surface area contributed by atoms with Gasteiger partial charge in [0.25, 0.3) is 0 Å². The molecule has 0 fully saturated rings. The Balaban J connectivity index is 1.35. The second-order valence-electron chi connectivity index (χ2n) is 7.36. The summed E-state index contributed by atoms with van der Waals surface area (Å²) in [5.41, 5.74) is 7.59. The Morgan fingerprint density at radius 3 is 2.93 bits per heavy atom. The maximum absolute atomic E-state index is 4.77. The first-order valence-corrected chi connectivity index (χ1v) is 9.71. The Morgan fingerprint density at radius 1 is 0.931 bits per heavy atom. The third-order valence-electron chi connectivity index (χ3n) is 5.55. The van der Waals surface area contributed by atoms with Crippen LogP contribution in [-0.2, 0) is 13.0 Å². The van der Waals surface area contributed by atoms with Gasteiger partial charge in [0.15, 0.2) is 0 Å². The Morgan fingerprint density at radius 2 is 1.93 bits per heavy atom. The summed E-state index contributed by atoms with van der Waals surface area (Å²) in [6.07, 6.45) is 8.29. The van der Waals surface area contributed by atoms with Gasteiger partial charge in [-0.3, -0.25) is 15.0 Å². The van der Waals surface area contributed by atoms with E-state index in [2.05, 4.69) is 55.2 Å². The molecule has 4 aromatic heterocycles. The molecule has 0 amide bonds. The van der Waals surface area contributed by atoms with Gasteiger partial charge in [-0.15, -0.1) is 0 Å². The molecule has 140 valence electrons. The summed E-state index contributed by atoms with van der Waals surface area (Å²) in [5, 5.41) is 1.01. The fourth-order valence-corrected chi connectivity index (χ4v) is 4.02. The minimum absolute atomic E-state index is 0.823. The number of nitrogens with one attached hydrogen (secondary N) is 1. The van der Waals surface area contributed by atoms with Crippen LogP contribution < -0.4 is 4.90 Å². The van der Waals surface area contributed by atoms with Crippen molar-refractivity contribution in [3.63, 3.8) is 0 Å². The lowest BCUT2D eigenvalue weighted by Crippen LogP contribution is -2.30. The zero-order valence-corrected chi connectivity index (χ0v) is 15.7. The lowest BCUT2D eigenvalue weighted by atomic mass is 10.1. The van der Waals surface area contributed by atoms with E-state index in [1.165, 1.54) is 16.9 Å². The number of H-pyrrole nitrogens is 1. The summed E-state index contributed by atoms with van der Waals surface area (Å²) in [5.74, 6) is 0.823. The van der Waals surface area contributed by atoms with Gasteiger partial charge in [0.1, 0.15) is 5.82 Å². The maximum Gasteiger partial charge on any atom is 0.140 e. The number of nitrogens with zero attached hydrogens (tertiary/aromatic N) is 5. The van der Waals surface area contributed by atoms with E-state index in [9.17, 15) is 0 Å². The predicted octanol–water partition coefficient (Wildman–Crippen LogP) is 4.13. The van der Waals surface area contributed by atoms with Crippen molar-refractivity contribution in [3.8, 4) is 11.4 Å². The Labute approximate surface area is 167 Å². The predicted molar refractivity (Wildman–Crippen MR) is 114 cm³/mol. The number of rotatable bonds is 2. The smallest absolute Gasteiger partial charge is 0.140 e. The molecule has 0 bridgehead atoms. The second kappa shape index (κ2) is 6.38. The van der Waals surface area contributed by atoms with Gasteiger partial charge in [0.2, 0.25) is 0 Å². The molecule has 1 aliphatic rings. The van der Waals surface area contributed by atoms with Crippen molar-refractivity contribution in [2.75, 3.05) is 11.4 Å². The number of aromatic amines is 1. The minimum Gasteiger partial charge on any atom is -0.367 e. The van der Waals surface area contributed by atoms with E-state index in [-0.39, 0.29) is 0 Å². The van der Waals surface area contributed by atoms with Crippen LogP contribution in [0.25, 0.3) is 33.3 Å². The number of aromatic nitrogens is 5. The van der Waals surface area contributed by atoms with Crippen LogP contribution >= 0.6 is 0 Å². The van der Waals surface area contributed by atoms with Crippen LogP contribution in [0.5, 0.6) is 0 Å². The molecule has 0 saturated carbocycles. The van der Waals surface area contributed by atoms with E-state index < -0.39 is 0 Å². The SMILES string of the molecule is c1cnc2c(c1)CN(c1ccc3nc(-c4cnc5ccncc5c4)[nH]c3c1)CC2. The molecule has 1 aliphatic heterocycles. The molecule has 6 rings (SSSR count). The van der Waals surface area contributed by atoms with E-state index in [1.807, 2.05) is 30.7 Å². The summed E-state index contributed by atoms with van der Waals surface area (Å²) < 4.78 is 0. The van der Waals surface area contributed by atoms with Gasteiger partial charge in [-0.25, -0.2) is 4.98 Å². The van der Waals surface area contributed by atoms with Crippen LogP contribution in [0.4, 0.5) is 5.69 Å². The number of hydrogen-bond donors (Lipinski definition) is 1. The van der Waals surface area contributed by atoms with Crippen LogP contribution in [0.1, 0.15) is 11.3 Å². The van der Waals surface area contributed by atoms with E-state index in [4.69, 9.17) is 4.98 Å². The fraction of sp³-hybridized carbons (Fsp3) is 0.130. The topological polar surface area (TPSA) is 70.6 Å². The third kappa shape index (κ3) is 2.81. The Kier molecular flexibility index (Phi) is 3.56. The van der Waals surface area contributed by atoms with Crippen molar-refractivity contribution in [2.24, 2.45) is 0 Å². The largest absolute Gasteiger partial charge is 0.367 e. The molecular formula is C23H18N6. The Bertz CT molecular complexity index is 1360. The molecule has 0 radical (unpaired) electrons. The molecule has 1 aromatic carbocycles. The highest BCUT2D eigenvalue weighted by Gasteiger charge is 2.18. The minimum atomic E-state index is 0.823. The summed E-state index contributed by atoms with van der Waals surface area (Å²) in [6, 6.07) is 14.6. The highest BCUT2D eigenvalue weighted by atomic mass is 15.1. The molecule has 0 saturated heterocycles. The monoisotopic (exact) mass is 378 g/mol. The highest BCUT2D eigenvalue weighted by Crippen LogP contribution is 2.28. The second-order valence-corrected chi connectivity index (χ2v) is 7.36. The van der Waals surface area contributed by atoms with Gasteiger partial charge in [-0.1, -0.05) is 6.07 Å². The molecule has 5 aromatic rings. The first-order chi connectivity index (χ1) is 14.3. The van der Waals surface area contributed by atoms with Crippen LogP contribution in [0.2, 0.25) is 0 Å². The van der Waals surface area contributed by atoms with E-state index in [1.54, 1.807) is 6.20 Å². The van der Waals surface area contributed by atoms with E-state index >= 15 is 0 Å². The lowest BCUT2D eigenvalue weighted by molar-refractivity contribution is 0.712. The number of hydrogen-bond acceptors (Lipinski definition) is 5.